The molecular weight excluding hydrogens is 230 g/mol. The lowest BCUT2D eigenvalue weighted by Gasteiger charge is -2.08. The van der Waals surface area contributed by atoms with Crippen LogP contribution in [0.5, 0.6) is 0 Å². The zero-order chi connectivity index (χ0) is 12.8. The third-order valence-electron chi connectivity index (χ3n) is 3.75. The first-order chi connectivity index (χ1) is 9.33. The van der Waals surface area contributed by atoms with Crippen LogP contribution in [-0.2, 0) is 0 Å². The number of rotatable bonds is 0. The Morgan fingerprint density at radius 2 is 1.21 bits per heavy atom. The fourth-order valence-corrected chi connectivity index (χ4v) is 2.84. The van der Waals surface area contributed by atoms with Crippen LogP contribution in [0, 0.1) is 0 Å². The number of nitrogens with two attached hydrogens (primary N) is 1. The van der Waals surface area contributed by atoms with Crippen molar-refractivity contribution in [3.05, 3.63) is 66.7 Å². The van der Waals surface area contributed by atoms with E-state index in [1.807, 2.05) is 6.07 Å². The first-order valence-electron chi connectivity index (χ1n) is 6.43. The highest BCUT2D eigenvalue weighted by atomic mass is 14.5. The molecule has 90 valence electrons. The summed E-state index contributed by atoms with van der Waals surface area (Å²) in [6.45, 7) is 0. The van der Waals surface area contributed by atoms with Gasteiger partial charge in [0.15, 0.2) is 0 Å². The van der Waals surface area contributed by atoms with Gasteiger partial charge < -0.3 is 5.73 Å². The first-order valence-corrected chi connectivity index (χ1v) is 6.43. The highest BCUT2D eigenvalue weighted by Crippen LogP contribution is 2.32. The van der Waals surface area contributed by atoms with Gasteiger partial charge in [0.05, 0.1) is 0 Å². The summed E-state index contributed by atoms with van der Waals surface area (Å²) < 4.78 is 0. The van der Waals surface area contributed by atoms with E-state index in [9.17, 15) is 0 Å². The number of fused-ring (bicyclic) bond motifs is 5. The van der Waals surface area contributed by atoms with Gasteiger partial charge in [0.25, 0.3) is 0 Å². The molecule has 0 aromatic heterocycles. The molecule has 0 saturated carbocycles. The maximum absolute atomic E-state index is 5.96. The van der Waals surface area contributed by atoms with E-state index < -0.39 is 0 Å². The number of hydrogen-bond donors (Lipinski definition) is 1. The molecule has 0 atom stereocenters. The Bertz CT molecular complexity index is 917. The Kier molecular flexibility index (Phi) is 2.04. The van der Waals surface area contributed by atoms with Crippen LogP contribution < -0.4 is 5.73 Å². The maximum atomic E-state index is 5.96. The summed E-state index contributed by atoms with van der Waals surface area (Å²) in [5.74, 6) is 0. The van der Waals surface area contributed by atoms with E-state index in [1.54, 1.807) is 0 Å². The molecule has 0 bridgehead atoms. The van der Waals surface area contributed by atoms with Crippen LogP contribution >= 0.6 is 0 Å². The summed E-state index contributed by atoms with van der Waals surface area (Å²) >= 11 is 0. The average Bonchev–Trinajstić information content (AvgIpc) is 2.46. The summed E-state index contributed by atoms with van der Waals surface area (Å²) in [6, 6.07) is 23.3. The van der Waals surface area contributed by atoms with Crippen molar-refractivity contribution in [3.63, 3.8) is 0 Å². The molecule has 0 fully saturated rings. The van der Waals surface area contributed by atoms with E-state index in [4.69, 9.17) is 5.73 Å². The first kappa shape index (κ1) is 10.4. The van der Waals surface area contributed by atoms with Gasteiger partial charge in [-0.1, -0.05) is 54.6 Å². The molecule has 0 aliphatic carbocycles. The quantitative estimate of drug-likeness (QED) is 0.350. The summed E-state index contributed by atoms with van der Waals surface area (Å²) in [6.07, 6.45) is 0. The van der Waals surface area contributed by atoms with Crippen molar-refractivity contribution in [2.24, 2.45) is 0 Å². The monoisotopic (exact) mass is 243 g/mol. The zero-order valence-electron chi connectivity index (χ0n) is 10.4. The van der Waals surface area contributed by atoms with Crippen molar-refractivity contribution in [1.29, 1.82) is 0 Å². The second-order valence-electron chi connectivity index (χ2n) is 4.93. The van der Waals surface area contributed by atoms with Crippen molar-refractivity contribution in [3.8, 4) is 0 Å². The van der Waals surface area contributed by atoms with Gasteiger partial charge in [-0.25, -0.2) is 0 Å². The molecule has 1 heteroatoms. The Hall–Kier alpha value is -2.54. The third kappa shape index (κ3) is 1.48. The van der Waals surface area contributed by atoms with E-state index in [1.165, 1.54) is 32.3 Å². The summed E-state index contributed by atoms with van der Waals surface area (Å²) in [5.41, 5.74) is 6.77. The SMILES string of the molecule is Nc1ccc2ccc3ccc4ccccc4c3c2c1. The largest absolute Gasteiger partial charge is 0.399 e. The second kappa shape index (κ2) is 3.72. The molecule has 2 N–H and O–H groups in total. The fraction of sp³-hybridized carbons (Fsp3) is 0. The van der Waals surface area contributed by atoms with E-state index in [2.05, 4.69) is 60.7 Å². The lowest BCUT2D eigenvalue weighted by Crippen LogP contribution is -1.85. The van der Waals surface area contributed by atoms with Crippen LogP contribution in [0.2, 0.25) is 0 Å². The van der Waals surface area contributed by atoms with Crippen LogP contribution in [0.4, 0.5) is 5.69 Å². The van der Waals surface area contributed by atoms with Crippen LogP contribution in [0.1, 0.15) is 0 Å². The molecular formula is C18H13N. The van der Waals surface area contributed by atoms with Crippen molar-refractivity contribution in [1.82, 2.24) is 0 Å². The third-order valence-corrected chi connectivity index (χ3v) is 3.75. The van der Waals surface area contributed by atoms with E-state index in [0.29, 0.717) is 0 Å². The van der Waals surface area contributed by atoms with Gasteiger partial charge in [0, 0.05) is 5.69 Å². The van der Waals surface area contributed by atoms with Crippen molar-refractivity contribution < 1.29 is 0 Å². The van der Waals surface area contributed by atoms with Crippen molar-refractivity contribution in [2.45, 2.75) is 0 Å². The lowest BCUT2D eigenvalue weighted by atomic mass is 9.96. The second-order valence-corrected chi connectivity index (χ2v) is 4.93. The standard InChI is InChI=1S/C18H13N/c19-15-10-9-13-6-8-14-7-5-12-3-1-2-4-16(12)18(14)17(13)11-15/h1-11H,19H2. The minimum Gasteiger partial charge on any atom is -0.399 e. The fourth-order valence-electron chi connectivity index (χ4n) is 2.84. The van der Waals surface area contributed by atoms with E-state index in [0.717, 1.165) is 5.69 Å². The molecule has 0 aliphatic rings. The van der Waals surface area contributed by atoms with Gasteiger partial charge in [-0.2, -0.15) is 0 Å². The molecule has 0 heterocycles. The zero-order valence-corrected chi connectivity index (χ0v) is 10.4. The summed E-state index contributed by atoms with van der Waals surface area (Å²) in [4.78, 5) is 0. The number of benzene rings is 4. The Labute approximate surface area is 111 Å². The molecule has 0 amide bonds. The van der Waals surface area contributed by atoms with Crippen LogP contribution in [0.25, 0.3) is 32.3 Å². The predicted molar refractivity (Wildman–Crippen MR) is 83.4 cm³/mol. The smallest absolute Gasteiger partial charge is 0.0320 e. The van der Waals surface area contributed by atoms with Gasteiger partial charge in [-0.05, 0) is 44.5 Å². The van der Waals surface area contributed by atoms with E-state index in [-0.39, 0.29) is 0 Å². The van der Waals surface area contributed by atoms with Gasteiger partial charge in [-0.15, -0.1) is 0 Å². The molecule has 4 aromatic carbocycles. The highest BCUT2D eigenvalue weighted by molar-refractivity contribution is 6.20. The van der Waals surface area contributed by atoms with Gasteiger partial charge >= 0.3 is 0 Å². The Morgan fingerprint density at radius 3 is 2.05 bits per heavy atom. The van der Waals surface area contributed by atoms with Crippen LogP contribution in [0.3, 0.4) is 0 Å². The van der Waals surface area contributed by atoms with Gasteiger partial charge in [0.2, 0.25) is 0 Å². The van der Waals surface area contributed by atoms with Gasteiger partial charge in [0.1, 0.15) is 0 Å². The normalized spacial score (nSPS) is 11.4. The Balaban J connectivity index is 2.36. The molecule has 0 aliphatic heterocycles. The van der Waals surface area contributed by atoms with Gasteiger partial charge in [-0.3, -0.25) is 0 Å². The average molecular weight is 243 g/mol. The minimum absolute atomic E-state index is 0.813. The van der Waals surface area contributed by atoms with E-state index >= 15 is 0 Å². The molecule has 19 heavy (non-hydrogen) atoms. The molecule has 0 radical (unpaired) electrons. The molecule has 4 rings (SSSR count). The van der Waals surface area contributed by atoms with Crippen LogP contribution in [-0.4, -0.2) is 0 Å². The highest BCUT2D eigenvalue weighted by Gasteiger charge is 2.05. The van der Waals surface area contributed by atoms with Crippen molar-refractivity contribution >= 4 is 38.0 Å². The number of nitrogen functional groups attached to an aromatic ring is 1. The molecule has 0 unspecified atom stereocenters. The number of hydrogen-bond acceptors (Lipinski definition) is 1. The maximum Gasteiger partial charge on any atom is 0.0320 e. The summed E-state index contributed by atoms with van der Waals surface area (Å²) in [5, 5.41) is 7.58. The number of anilines is 1. The molecule has 0 saturated heterocycles. The molecule has 0 spiro atoms. The Morgan fingerprint density at radius 1 is 0.579 bits per heavy atom. The topological polar surface area (TPSA) is 26.0 Å². The molecule has 1 nitrogen and oxygen atoms in total. The predicted octanol–water partition coefficient (Wildman–Crippen LogP) is 4.73. The van der Waals surface area contributed by atoms with Crippen molar-refractivity contribution in [2.75, 3.05) is 5.73 Å². The molecule has 4 aromatic rings. The summed E-state index contributed by atoms with van der Waals surface area (Å²) in [7, 11) is 0. The lowest BCUT2D eigenvalue weighted by molar-refractivity contribution is 1.75. The minimum atomic E-state index is 0.813. The van der Waals surface area contributed by atoms with Crippen LogP contribution in [0.15, 0.2) is 66.7 Å².